The summed E-state index contributed by atoms with van der Waals surface area (Å²) < 4.78 is 0. The van der Waals surface area contributed by atoms with Gasteiger partial charge in [-0.25, -0.2) is 9.97 Å². The van der Waals surface area contributed by atoms with Gasteiger partial charge in [0.25, 0.3) is 0 Å². The van der Waals surface area contributed by atoms with Crippen LogP contribution < -0.4 is 5.32 Å². The van der Waals surface area contributed by atoms with Gasteiger partial charge in [0.05, 0.1) is 0 Å². The summed E-state index contributed by atoms with van der Waals surface area (Å²) in [6, 6.07) is 2.06. The number of hydrogen-bond donors (Lipinski definition) is 1. The quantitative estimate of drug-likeness (QED) is 0.843. The highest BCUT2D eigenvalue weighted by Crippen LogP contribution is 2.19. The molecule has 0 aliphatic carbocycles. The molecule has 0 fully saturated rings. The van der Waals surface area contributed by atoms with Crippen molar-refractivity contribution >= 4 is 5.82 Å². The standard InChI is InChI=1S/C14H26N4/c1-10(2)12-9-13(15-7-8-18(5)6)17-14(16-12)11(3)4/h9-11H,7-8H2,1-6H3,(H,15,16,17). The summed E-state index contributed by atoms with van der Waals surface area (Å²) in [5.41, 5.74) is 1.11. The minimum absolute atomic E-state index is 0.359. The Hall–Kier alpha value is -1.16. The van der Waals surface area contributed by atoms with Gasteiger partial charge in [0.1, 0.15) is 11.6 Å². The lowest BCUT2D eigenvalue weighted by atomic mass is 10.1. The number of likely N-dealkylation sites (N-methyl/N-ethyl adjacent to an activating group) is 1. The number of nitrogens with zero attached hydrogens (tertiary/aromatic N) is 3. The molecule has 1 heterocycles. The molecule has 18 heavy (non-hydrogen) atoms. The highest BCUT2D eigenvalue weighted by atomic mass is 15.1. The molecule has 1 aromatic heterocycles. The van der Waals surface area contributed by atoms with E-state index in [2.05, 4.69) is 68.0 Å². The normalized spacial score (nSPS) is 11.6. The van der Waals surface area contributed by atoms with E-state index < -0.39 is 0 Å². The number of nitrogens with one attached hydrogen (secondary N) is 1. The topological polar surface area (TPSA) is 41.0 Å². The minimum Gasteiger partial charge on any atom is -0.369 e. The van der Waals surface area contributed by atoms with Gasteiger partial charge in [-0.15, -0.1) is 0 Å². The highest BCUT2D eigenvalue weighted by molar-refractivity contribution is 5.37. The van der Waals surface area contributed by atoms with Gasteiger partial charge in [0.15, 0.2) is 0 Å². The zero-order chi connectivity index (χ0) is 13.7. The Labute approximate surface area is 111 Å². The molecule has 0 radical (unpaired) electrons. The van der Waals surface area contributed by atoms with Crippen molar-refractivity contribution in [3.05, 3.63) is 17.6 Å². The second-order valence-corrected chi connectivity index (χ2v) is 5.58. The molecule has 1 rings (SSSR count). The smallest absolute Gasteiger partial charge is 0.133 e. The molecule has 4 nitrogen and oxygen atoms in total. The van der Waals surface area contributed by atoms with Crippen LogP contribution in [0.2, 0.25) is 0 Å². The van der Waals surface area contributed by atoms with Crippen molar-refractivity contribution in [3.63, 3.8) is 0 Å². The molecule has 0 unspecified atom stereocenters. The molecule has 0 saturated heterocycles. The fourth-order valence-corrected chi connectivity index (χ4v) is 1.54. The van der Waals surface area contributed by atoms with Gasteiger partial charge in [0.2, 0.25) is 0 Å². The molecular weight excluding hydrogens is 224 g/mol. The van der Waals surface area contributed by atoms with Crippen molar-refractivity contribution in [2.45, 2.75) is 39.5 Å². The van der Waals surface area contributed by atoms with Gasteiger partial charge in [-0.3, -0.25) is 0 Å². The van der Waals surface area contributed by atoms with Crippen LogP contribution in [0, 0.1) is 0 Å². The molecule has 0 atom stereocenters. The van der Waals surface area contributed by atoms with Crippen LogP contribution in [0.4, 0.5) is 5.82 Å². The van der Waals surface area contributed by atoms with E-state index in [9.17, 15) is 0 Å². The van der Waals surface area contributed by atoms with Crippen LogP contribution in [0.1, 0.15) is 51.0 Å². The Morgan fingerprint density at radius 3 is 2.28 bits per heavy atom. The van der Waals surface area contributed by atoms with Crippen LogP contribution in [-0.2, 0) is 0 Å². The first kappa shape index (κ1) is 14.9. The molecular formula is C14H26N4. The van der Waals surface area contributed by atoms with E-state index in [1.807, 2.05) is 0 Å². The molecule has 0 aromatic carbocycles. The van der Waals surface area contributed by atoms with Crippen LogP contribution in [0.5, 0.6) is 0 Å². The number of anilines is 1. The van der Waals surface area contributed by atoms with Gasteiger partial charge in [-0.1, -0.05) is 27.7 Å². The number of rotatable bonds is 6. The van der Waals surface area contributed by atoms with Gasteiger partial charge in [-0.2, -0.15) is 0 Å². The average molecular weight is 250 g/mol. The first-order chi connectivity index (χ1) is 8.40. The molecule has 4 heteroatoms. The zero-order valence-electron chi connectivity index (χ0n) is 12.5. The monoisotopic (exact) mass is 250 g/mol. The first-order valence-corrected chi connectivity index (χ1v) is 6.67. The summed E-state index contributed by atoms with van der Waals surface area (Å²) in [7, 11) is 4.14. The Bertz CT molecular complexity index is 346. The van der Waals surface area contributed by atoms with Crippen LogP contribution >= 0.6 is 0 Å². The van der Waals surface area contributed by atoms with Crippen molar-refractivity contribution < 1.29 is 0 Å². The summed E-state index contributed by atoms with van der Waals surface area (Å²) in [4.78, 5) is 11.3. The van der Waals surface area contributed by atoms with Crippen LogP contribution in [0.15, 0.2) is 6.07 Å². The molecule has 102 valence electrons. The van der Waals surface area contributed by atoms with Crippen LogP contribution in [-0.4, -0.2) is 42.1 Å². The summed E-state index contributed by atoms with van der Waals surface area (Å²) in [6.07, 6.45) is 0. The Morgan fingerprint density at radius 1 is 1.11 bits per heavy atom. The molecule has 0 saturated carbocycles. The van der Waals surface area contributed by atoms with E-state index >= 15 is 0 Å². The zero-order valence-corrected chi connectivity index (χ0v) is 12.5. The van der Waals surface area contributed by atoms with E-state index in [0.717, 1.165) is 30.4 Å². The van der Waals surface area contributed by atoms with Gasteiger partial charge >= 0.3 is 0 Å². The SMILES string of the molecule is CC(C)c1cc(NCCN(C)C)nc(C(C)C)n1. The molecule has 0 spiro atoms. The van der Waals surface area contributed by atoms with Crippen molar-refractivity contribution in [1.82, 2.24) is 14.9 Å². The summed E-state index contributed by atoms with van der Waals surface area (Å²) in [5, 5.41) is 3.37. The van der Waals surface area contributed by atoms with Crippen LogP contribution in [0.25, 0.3) is 0 Å². The van der Waals surface area contributed by atoms with Crippen molar-refractivity contribution in [2.75, 3.05) is 32.5 Å². The van der Waals surface area contributed by atoms with Crippen molar-refractivity contribution in [3.8, 4) is 0 Å². The van der Waals surface area contributed by atoms with E-state index in [-0.39, 0.29) is 0 Å². The third kappa shape index (κ3) is 4.61. The Balaban J connectivity index is 2.83. The highest BCUT2D eigenvalue weighted by Gasteiger charge is 2.10. The maximum Gasteiger partial charge on any atom is 0.133 e. The predicted molar refractivity (Wildman–Crippen MR) is 77.3 cm³/mol. The average Bonchev–Trinajstić information content (AvgIpc) is 2.28. The largest absolute Gasteiger partial charge is 0.369 e. The van der Waals surface area contributed by atoms with Gasteiger partial charge < -0.3 is 10.2 Å². The second-order valence-electron chi connectivity index (χ2n) is 5.58. The molecule has 0 aliphatic heterocycles. The third-order valence-electron chi connectivity index (χ3n) is 2.74. The van der Waals surface area contributed by atoms with Gasteiger partial charge in [0, 0.05) is 30.8 Å². The van der Waals surface area contributed by atoms with Crippen LogP contribution in [0.3, 0.4) is 0 Å². The molecule has 0 aliphatic rings. The summed E-state index contributed by atoms with van der Waals surface area (Å²) in [5.74, 6) is 2.66. The first-order valence-electron chi connectivity index (χ1n) is 6.67. The van der Waals surface area contributed by atoms with E-state index in [1.165, 1.54) is 0 Å². The third-order valence-corrected chi connectivity index (χ3v) is 2.74. The van der Waals surface area contributed by atoms with Crippen molar-refractivity contribution in [1.29, 1.82) is 0 Å². The predicted octanol–water partition coefficient (Wildman–Crippen LogP) is 2.70. The molecule has 0 amide bonds. The second kappa shape index (κ2) is 6.69. The maximum atomic E-state index is 4.61. The number of aromatic nitrogens is 2. The lowest BCUT2D eigenvalue weighted by Crippen LogP contribution is -2.21. The molecule has 0 bridgehead atoms. The molecule has 1 N–H and O–H groups in total. The van der Waals surface area contributed by atoms with E-state index in [1.54, 1.807) is 0 Å². The van der Waals surface area contributed by atoms with Gasteiger partial charge in [-0.05, 0) is 20.0 Å². The molecule has 1 aromatic rings. The Morgan fingerprint density at radius 2 is 1.78 bits per heavy atom. The van der Waals surface area contributed by atoms with E-state index in [0.29, 0.717) is 11.8 Å². The Kier molecular flexibility index (Phi) is 5.54. The fraction of sp³-hybridized carbons (Fsp3) is 0.714. The number of hydrogen-bond acceptors (Lipinski definition) is 4. The van der Waals surface area contributed by atoms with E-state index in [4.69, 9.17) is 0 Å². The summed E-state index contributed by atoms with van der Waals surface area (Å²) in [6.45, 7) is 10.5. The summed E-state index contributed by atoms with van der Waals surface area (Å²) >= 11 is 0. The fourth-order valence-electron chi connectivity index (χ4n) is 1.54. The lowest BCUT2D eigenvalue weighted by Gasteiger charge is -2.14. The van der Waals surface area contributed by atoms with Crippen molar-refractivity contribution in [2.24, 2.45) is 0 Å². The lowest BCUT2D eigenvalue weighted by molar-refractivity contribution is 0.425. The maximum absolute atomic E-state index is 4.61. The minimum atomic E-state index is 0.359.